The Morgan fingerprint density at radius 2 is 1.85 bits per heavy atom. The highest BCUT2D eigenvalue weighted by molar-refractivity contribution is 7.15. The van der Waals surface area contributed by atoms with Gasteiger partial charge in [-0.05, 0) is 38.1 Å². The van der Waals surface area contributed by atoms with Crippen LogP contribution in [-0.4, -0.2) is 31.0 Å². The summed E-state index contributed by atoms with van der Waals surface area (Å²) < 4.78 is 40.0. The molecule has 0 spiro atoms. The van der Waals surface area contributed by atoms with Gasteiger partial charge in [-0.2, -0.15) is 13.2 Å². The van der Waals surface area contributed by atoms with Crippen LogP contribution in [0.15, 0.2) is 49.1 Å². The molecule has 4 N–H and O–H groups in total. The second kappa shape index (κ2) is 9.33. The normalized spacial score (nSPS) is 13.8. The largest absolute Gasteiger partial charge is 0.416 e. The van der Waals surface area contributed by atoms with Crippen LogP contribution in [0.2, 0.25) is 0 Å². The lowest BCUT2D eigenvalue weighted by molar-refractivity contribution is -0.137. The first-order valence-corrected chi connectivity index (χ1v) is 11.0. The molecule has 0 bridgehead atoms. The standard InChI is InChI=1S/C21H22F3N7OS/c1-3-25-16-9-27-17-8-26-15(11-31(16)17)19(32)29-12(2)20-28-10-18(33-20)30-14-6-4-13(5-7-14)21(22,23)24/h4-12,19,25,29-30,32H,3H2,1-2H3. The van der Waals surface area contributed by atoms with Crippen molar-refractivity contribution in [3.8, 4) is 0 Å². The van der Waals surface area contributed by atoms with E-state index in [0.717, 1.165) is 24.5 Å². The van der Waals surface area contributed by atoms with E-state index in [2.05, 4.69) is 30.9 Å². The fourth-order valence-corrected chi connectivity index (χ4v) is 4.03. The van der Waals surface area contributed by atoms with E-state index >= 15 is 0 Å². The summed E-state index contributed by atoms with van der Waals surface area (Å²) in [6.45, 7) is 4.56. The van der Waals surface area contributed by atoms with Crippen molar-refractivity contribution in [1.82, 2.24) is 24.7 Å². The zero-order valence-corrected chi connectivity index (χ0v) is 18.6. The number of thiazole rings is 1. The van der Waals surface area contributed by atoms with Crippen molar-refractivity contribution < 1.29 is 18.3 Å². The summed E-state index contributed by atoms with van der Waals surface area (Å²) in [5.74, 6) is 0.801. The second-order valence-electron chi connectivity index (χ2n) is 7.27. The maximum Gasteiger partial charge on any atom is 0.416 e. The minimum absolute atomic E-state index is 0.304. The van der Waals surface area contributed by atoms with Gasteiger partial charge in [-0.1, -0.05) is 11.3 Å². The van der Waals surface area contributed by atoms with Crippen LogP contribution in [0, 0.1) is 0 Å². The first-order valence-electron chi connectivity index (χ1n) is 10.2. The number of imidazole rings is 1. The number of nitrogens with zero attached hydrogens (tertiary/aromatic N) is 4. The fraction of sp³-hybridized carbons (Fsp3) is 0.286. The van der Waals surface area contributed by atoms with E-state index < -0.39 is 18.0 Å². The molecular formula is C21H22F3N7OS. The summed E-state index contributed by atoms with van der Waals surface area (Å²) in [5, 5.41) is 21.3. The molecule has 4 aromatic rings. The Morgan fingerprint density at radius 3 is 2.55 bits per heavy atom. The molecule has 2 unspecified atom stereocenters. The second-order valence-corrected chi connectivity index (χ2v) is 8.33. The molecule has 12 heteroatoms. The number of hydrogen-bond donors (Lipinski definition) is 4. The Labute approximate surface area is 191 Å². The van der Waals surface area contributed by atoms with Gasteiger partial charge in [0.1, 0.15) is 27.7 Å². The van der Waals surface area contributed by atoms with Crippen LogP contribution in [0.3, 0.4) is 0 Å². The predicted molar refractivity (Wildman–Crippen MR) is 121 cm³/mol. The monoisotopic (exact) mass is 477 g/mol. The van der Waals surface area contributed by atoms with E-state index in [4.69, 9.17) is 0 Å². The van der Waals surface area contributed by atoms with Gasteiger partial charge in [0.25, 0.3) is 0 Å². The number of nitrogens with one attached hydrogen (secondary N) is 3. The van der Waals surface area contributed by atoms with E-state index in [9.17, 15) is 18.3 Å². The van der Waals surface area contributed by atoms with Crippen LogP contribution in [0.1, 0.15) is 42.4 Å². The van der Waals surface area contributed by atoms with Crippen molar-refractivity contribution in [2.24, 2.45) is 0 Å². The van der Waals surface area contributed by atoms with Crippen LogP contribution in [0.4, 0.5) is 29.7 Å². The maximum atomic E-state index is 12.7. The number of anilines is 3. The molecule has 1 aromatic carbocycles. The molecule has 33 heavy (non-hydrogen) atoms. The van der Waals surface area contributed by atoms with Crippen molar-refractivity contribution in [2.45, 2.75) is 32.3 Å². The lowest BCUT2D eigenvalue weighted by Crippen LogP contribution is -2.25. The fourth-order valence-electron chi connectivity index (χ4n) is 3.18. The lowest BCUT2D eigenvalue weighted by Gasteiger charge is -2.17. The average Bonchev–Trinajstić information content (AvgIpc) is 3.41. The first-order chi connectivity index (χ1) is 15.7. The van der Waals surface area contributed by atoms with Crippen molar-refractivity contribution in [3.63, 3.8) is 0 Å². The van der Waals surface area contributed by atoms with Gasteiger partial charge < -0.3 is 15.7 Å². The molecule has 8 nitrogen and oxygen atoms in total. The highest BCUT2D eigenvalue weighted by atomic mass is 32.1. The average molecular weight is 478 g/mol. The molecule has 0 saturated heterocycles. The number of halogens is 3. The zero-order valence-electron chi connectivity index (χ0n) is 17.8. The van der Waals surface area contributed by atoms with Crippen molar-refractivity contribution in [2.75, 3.05) is 17.2 Å². The molecule has 0 amide bonds. The summed E-state index contributed by atoms with van der Waals surface area (Å²) in [6, 6.07) is 4.48. The third kappa shape index (κ3) is 5.24. The van der Waals surface area contributed by atoms with Gasteiger partial charge in [-0.3, -0.25) is 14.7 Å². The van der Waals surface area contributed by atoms with E-state index in [1.165, 1.54) is 23.5 Å². The molecule has 0 aliphatic heterocycles. The molecule has 3 aromatic heterocycles. The van der Waals surface area contributed by atoms with Crippen LogP contribution in [0.5, 0.6) is 0 Å². The van der Waals surface area contributed by atoms with Crippen molar-refractivity contribution >= 4 is 33.5 Å². The Balaban J connectivity index is 1.41. The number of benzene rings is 1. The predicted octanol–water partition coefficient (Wildman–Crippen LogP) is 4.72. The molecular weight excluding hydrogens is 455 g/mol. The van der Waals surface area contributed by atoms with Crippen LogP contribution >= 0.6 is 11.3 Å². The number of hydrogen-bond acceptors (Lipinski definition) is 8. The van der Waals surface area contributed by atoms with Gasteiger partial charge in [-0.25, -0.2) is 9.97 Å². The summed E-state index contributed by atoms with van der Waals surface area (Å²) in [4.78, 5) is 12.9. The Kier molecular flexibility index (Phi) is 6.49. The smallest absolute Gasteiger partial charge is 0.373 e. The van der Waals surface area contributed by atoms with Gasteiger partial charge in [0, 0.05) is 18.4 Å². The topological polar surface area (TPSA) is 99.4 Å². The van der Waals surface area contributed by atoms with E-state index in [1.54, 1.807) is 24.8 Å². The van der Waals surface area contributed by atoms with Crippen LogP contribution < -0.4 is 16.0 Å². The quantitative estimate of drug-likeness (QED) is 0.273. The summed E-state index contributed by atoms with van der Waals surface area (Å²) >= 11 is 1.33. The van der Waals surface area contributed by atoms with Crippen LogP contribution in [0.25, 0.3) is 5.65 Å². The zero-order chi connectivity index (χ0) is 23.6. The van der Waals surface area contributed by atoms with Gasteiger partial charge in [0.05, 0.1) is 30.2 Å². The minimum Gasteiger partial charge on any atom is -0.373 e. The number of fused-ring (bicyclic) bond motifs is 1. The van der Waals surface area contributed by atoms with Gasteiger partial charge in [-0.15, -0.1) is 0 Å². The lowest BCUT2D eigenvalue weighted by atomic mass is 10.2. The molecule has 2 atom stereocenters. The molecule has 0 aliphatic carbocycles. The molecule has 0 saturated carbocycles. The molecule has 0 radical (unpaired) electrons. The van der Waals surface area contributed by atoms with E-state index in [-0.39, 0.29) is 6.04 Å². The minimum atomic E-state index is -4.37. The number of rotatable bonds is 8. The summed E-state index contributed by atoms with van der Waals surface area (Å²) in [7, 11) is 0. The summed E-state index contributed by atoms with van der Waals surface area (Å²) in [5.41, 5.74) is 0.901. The van der Waals surface area contributed by atoms with Gasteiger partial charge >= 0.3 is 6.18 Å². The van der Waals surface area contributed by atoms with Crippen molar-refractivity contribution in [3.05, 3.63) is 65.3 Å². The molecule has 0 aliphatic rings. The van der Waals surface area contributed by atoms with E-state index in [0.29, 0.717) is 27.0 Å². The third-order valence-electron chi connectivity index (χ3n) is 4.84. The maximum absolute atomic E-state index is 12.7. The van der Waals surface area contributed by atoms with Crippen molar-refractivity contribution in [1.29, 1.82) is 0 Å². The van der Waals surface area contributed by atoms with Gasteiger partial charge in [0.15, 0.2) is 5.65 Å². The molecule has 3 heterocycles. The highest BCUT2D eigenvalue weighted by Crippen LogP contribution is 2.32. The number of aliphatic hydroxyl groups is 1. The molecule has 0 fully saturated rings. The first kappa shape index (κ1) is 23.0. The molecule has 174 valence electrons. The number of aromatic nitrogens is 4. The Morgan fingerprint density at radius 1 is 1.09 bits per heavy atom. The highest BCUT2D eigenvalue weighted by Gasteiger charge is 2.30. The van der Waals surface area contributed by atoms with Crippen LogP contribution in [-0.2, 0) is 6.18 Å². The Hall–Kier alpha value is -3.22. The third-order valence-corrected chi connectivity index (χ3v) is 5.93. The number of aliphatic hydroxyl groups excluding tert-OH is 1. The summed E-state index contributed by atoms with van der Waals surface area (Å²) in [6.07, 6.45) is 1.18. The number of alkyl halides is 3. The molecule has 4 rings (SSSR count). The van der Waals surface area contributed by atoms with Gasteiger partial charge in [0.2, 0.25) is 0 Å². The van der Waals surface area contributed by atoms with E-state index in [1.807, 2.05) is 18.2 Å². The SMILES string of the molecule is CCNc1cnc2cnc(C(O)NC(C)c3ncc(Nc4ccc(C(F)(F)F)cc4)s3)cn12. The Bertz CT molecular complexity index is 1220.